The number of benzene rings is 1. The molecule has 2 heterocycles. The molecule has 0 bridgehead atoms. The van der Waals surface area contributed by atoms with Crippen molar-refractivity contribution in [2.45, 2.75) is 0 Å². The van der Waals surface area contributed by atoms with E-state index in [0.717, 1.165) is 17.1 Å². The van der Waals surface area contributed by atoms with E-state index in [1.54, 1.807) is 4.52 Å². The predicted molar refractivity (Wildman–Crippen MR) is 72.7 cm³/mol. The van der Waals surface area contributed by atoms with E-state index in [4.69, 9.17) is 5.26 Å². The van der Waals surface area contributed by atoms with Gasteiger partial charge in [-0.1, -0.05) is 30.3 Å². The summed E-state index contributed by atoms with van der Waals surface area (Å²) >= 11 is 0. The molecule has 0 amide bonds. The highest BCUT2D eigenvalue weighted by Crippen LogP contribution is 2.22. The third-order valence-electron chi connectivity index (χ3n) is 2.92. The molecule has 3 rings (SSSR count). The molecule has 19 heavy (non-hydrogen) atoms. The molecule has 0 aliphatic carbocycles. The number of rotatable bonds is 2. The van der Waals surface area contributed by atoms with Gasteiger partial charge in [0.15, 0.2) is 5.65 Å². The summed E-state index contributed by atoms with van der Waals surface area (Å²) in [6, 6.07) is 13.9. The van der Waals surface area contributed by atoms with E-state index in [-0.39, 0.29) is 0 Å². The first-order valence-corrected chi connectivity index (χ1v) is 5.85. The Labute approximate surface area is 110 Å². The van der Waals surface area contributed by atoms with E-state index >= 15 is 0 Å². The zero-order chi connectivity index (χ0) is 13.2. The topological polar surface area (TPSA) is 66.0 Å². The molecule has 0 saturated carbocycles. The second kappa shape index (κ2) is 4.42. The molecule has 2 aromatic heterocycles. The largest absolute Gasteiger partial charge is 0.373 e. The van der Waals surface area contributed by atoms with Gasteiger partial charge in [-0.3, -0.25) is 0 Å². The molecule has 0 aliphatic rings. The smallest absolute Gasteiger partial charge is 0.175 e. The monoisotopic (exact) mass is 249 g/mol. The molecule has 0 saturated heterocycles. The average Bonchev–Trinajstić information content (AvgIpc) is 2.90. The van der Waals surface area contributed by atoms with Gasteiger partial charge in [0.1, 0.15) is 17.5 Å². The van der Waals surface area contributed by atoms with Gasteiger partial charge in [-0.25, -0.2) is 4.98 Å². The molecule has 0 fully saturated rings. The molecule has 0 atom stereocenters. The second-order valence-electron chi connectivity index (χ2n) is 4.05. The molecule has 0 unspecified atom stereocenters. The van der Waals surface area contributed by atoms with E-state index in [1.807, 2.05) is 43.4 Å². The molecule has 5 heteroatoms. The molecular formula is C14H11N5. The molecule has 0 spiro atoms. The summed E-state index contributed by atoms with van der Waals surface area (Å²) < 4.78 is 1.63. The van der Waals surface area contributed by atoms with Crippen molar-refractivity contribution in [3.8, 4) is 17.3 Å². The van der Waals surface area contributed by atoms with Gasteiger partial charge in [0.05, 0.1) is 11.9 Å². The maximum Gasteiger partial charge on any atom is 0.175 e. The van der Waals surface area contributed by atoms with Crippen molar-refractivity contribution in [1.29, 1.82) is 5.26 Å². The Morgan fingerprint density at radius 2 is 2.05 bits per heavy atom. The Bertz CT molecular complexity index is 768. The fourth-order valence-electron chi connectivity index (χ4n) is 1.98. The number of nitrogens with zero attached hydrogens (tertiary/aromatic N) is 4. The third-order valence-corrected chi connectivity index (χ3v) is 2.92. The van der Waals surface area contributed by atoms with Crippen LogP contribution in [0.2, 0.25) is 0 Å². The van der Waals surface area contributed by atoms with Crippen LogP contribution in [0.25, 0.3) is 16.9 Å². The van der Waals surface area contributed by atoms with E-state index < -0.39 is 0 Å². The van der Waals surface area contributed by atoms with Gasteiger partial charge >= 0.3 is 0 Å². The van der Waals surface area contributed by atoms with E-state index in [1.165, 1.54) is 6.20 Å². The van der Waals surface area contributed by atoms with Crippen molar-refractivity contribution >= 4 is 11.5 Å². The van der Waals surface area contributed by atoms with Crippen LogP contribution in [0.15, 0.2) is 42.6 Å². The van der Waals surface area contributed by atoms with Crippen LogP contribution in [-0.4, -0.2) is 21.6 Å². The van der Waals surface area contributed by atoms with Crippen LogP contribution >= 0.6 is 0 Å². The van der Waals surface area contributed by atoms with Crippen LogP contribution in [0, 0.1) is 11.3 Å². The lowest BCUT2D eigenvalue weighted by Gasteiger charge is -2.07. The molecule has 5 nitrogen and oxygen atoms in total. The first-order valence-electron chi connectivity index (χ1n) is 5.85. The van der Waals surface area contributed by atoms with Gasteiger partial charge in [0, 0.05) is 18.7 Å². The Morgan fingerprint density at radius 3 is 2.74 bits per heavy atom. The zero-order valence-electron chi connectivity index (χ0n) is 10.3. The van der Waals surface area contributed by atoms with Gasteiger partial charge in [-0.05, 0) is 0 Å². The fraction of sp³-hybridized carbons (Fsp3) is 0.0714. The molecule has 1 N–H and O–H groups in total. The standard InChI is InChI=1S/C14H11N5/c1-16-13-7-12(10-5-3-2-4-6-10)18-14-11(8-15)9-17-19(13)14/h2-7,9,16H,1H3. The maximum absolute atomic E-state index is 9.09. The Hall–Kier alpha value is -2.87. The summed E-state index contributed by atoms with van der Waals surface area (Å²) in [5.74, 6) is 0.797. The zero-order valence-corrected chi connectivity index (χ0v) is 10.3. The van der Waals surface area contributed by atoms with Gasteiger partial charge in [0.2, 0.25) is 0 Å². The van der Waals surface area contributed by atoms with Gasteiger partial charge in [-0.2, -0.15) is 14.9 Å². The first kappa shape index (κ1) is 11.2. The number of anilines is 1. The van der Waals surface area contributed by atoms with Gasteiger partial charge in [-0.15, -0.1) is 0 Å². The van der Waals surface area contributed by atoms with Crippen molar-refractivity contribution in [3.05, 3.63) is 48.2 Å². The summed E-state index contributed by atoms with van der Waals surface area (Å²) in [6.07, 6.45) is 1.53. The number of nitriles is 1. The number of hydrogen-bond donors (Lipinski definition) is 1. The maximum atomic E-state index is 9.09. The molecule has 92 valence electrons. The van der Waals surface area contributed by atoms with Crippen LogP contribution in [0.1, 0.15) is 5.56 Å². The molecule has 0 radical (unpaired) electrons. The number of hydrogen-bond acceptors (Lipinski definition) is 4. The van der Waals surface area contributed by atoms with Gasteiger partial charge < -0.3 is 5.32 Å². The normalized spacial score (nSPS) is 10.3. The summed E-state index contributed by atoms with van der Waals surface area (Å²) in [4.78, 5) is 4.52. The lowest BCUT2D eigenvalue weighted by atomic mass is 10.1. The van der Waals surface area contributed by atoms with Crippen LogP contribution < -0.4 is 5.32 Å². The Kier molecular flexibility index (Phi) is 2.62. The lowest BCUT2D eigenvalue weighted by molar-refractivity contribution is 0.945. The van der Waals surface area contributed by atoms with Crippen molar-refractivity contribution in [2.24, 2.45) is 0 Å². The summed E-state index contributed by atoms with van der Waals surface area (Å²) in [6.45, 7) is 0. The number of fused-ring (bicyclic) bond motifs is 1. The average molecular weight is 249 g/mol. The van der Waals surface area contributed by atoms with Crippen LogP contribution in [0.4, 0.5) is 5.82 Å². The Balaban J connectivity index is 2.30. The van der Waals surface area contributed by atoms with Crippen molar-refractivity contribution < 1.29 is 0 Å². The third kappa shape index (κ3) is 1.79. The number of nitrogens with one attached hydrogen (secondary N) is 1. The predicted octanol–water partition coefficient (Wildman–Crippen LogP) is 2.31. The fourth-order valence-corrected chi connectivity index (χ4v) is 1.98. The lowest BCUT2D eigenvalue weighted by Crippen LogP contribution is -2.02. The highest BCUT2D eigenvalue weighted by atomic mass is 15.3. The van der Waals surface area contributed by atoms with Crippen LogP contribution in [-0.2, 0) is 0 Å². The second-order valence-corrected chi connectivity index (χ2v) is 4.05. The highest BCUT2D eigenvalue weighted by molar-refractivity contribution is 5.69. The van der Waals surface area contributed by atoms with Crippen molar-refractivity contribution in [2.75, 3.05) is 12.4 Å². The molecule has 0 aliphatic heterocycles. The van der Waals surface area contributed by atoms with E-state index in [2.05, 4.69) is 21.5 Å². The number of aromatic nitrogens is 3. The minimum Gasteiger partial charge on any atom is -0.373 e. The van der Waals surface area contributed by atoms with E-state index in [0.29, 0.717) is 11.2 Å². The van der Waals surface area contributed by atoms with Crippen LogP contribution in [0.5, 0.6) is 0 Å². The first-order chi connectivity index (χ1) is 9.33. The molecule has 1 aromatic carbocycles. The molecule has 3 aromatic rings. The minimum absolute atomic E-state index is 0.467. The quantitative estimate of drug-likeness (QED) is 0.756. The van der Waals surface area contributed by atoms with Crippen molar-refractivity contribution in [1.82, 2.24) is 14.6 Å². The summed E-state index contributed by atoms with van der Waals surface area (Å²) in [5, 5.41) is 16.3. The Morgan fingerprint density at radius 1 is 1.26 bits per heavy atom. The SMILES string of the molecule is CNc1cc(-c2ccccc2)nc2c(C#N)cnn12. The van der Waals surface area contributed by atoms with Gasteiger partial charge in [0.25, 0.3) is 0 Å². The van der Waals surface area contributed by atoms with Crippen molar-refractivity contribution in [3.63, 3.8) is 0 Å². The minimum atomic E-state index is 0.467. The molecular weight excluding hydrogens is 238 g/mol. The summed E-state index contributed by atoms with van der Waals surface area (Å²) in [7, 11) is 1.82. The summed E-state index contributed by atoms with van der Waals surface area (Å²) in [5.41, 5.74) is 2.85. The van der Waals surface area contributed by atoms with E-state index in [9.17, 15) is 0 Å². The highest BCUT2D eigenvalue weighted by Gasteiger charge is 2.11. The van der Waals surface area contributed by atoms with Crippen LogP contribution in [0.3, 0.4) is 0 Å².